The molecule has 0 spiro atoms. The first-order valence-corrected chi connectivity index (χ1v) is 13.0. The highest BCUT2D eigenvalue weighted by Gasteiger charge is 2.46. The monoisotopic (exact) mass is 398 g/mol. The van der Waals surface area contributed by atoms with Crippen LogP contribution in [0.25, 0.3) is 0 Å². The largest absolute Gasteiger partial charge is 0.444 e. The first-order chi connectivity index (χ1) is 12.2. The van der Waals surface area contributed by atoms with Crippen LogP contribution in [-0.2, 0) is 14.0 Å². The van der Waals surface area contributed by atoms with Crippen molar-refractivity contribution in [2.45, 2.75) is 96.7 Å². The molecule has 2 amide bonds. The minimum atomic E-state index is -1.93. The third kappa shape index (κ3) is 5.70. The molecule has 156 valence electrons. The molecule has 2 aliphatic rings. The molecule has 0 bridgehead atoms. The quantitative estimate of drug-likeness (QED) is 0.732. The molecular formula is C20H38N2O4Si. The Balaban J connectivity index is 2.17. The number of likely N-dealkylation sites (tertiary alicyclic amines) is 1. The standard InChI is InChI=1S/C20H38N2O4Si/c1-19(2,3)25-18(24)22-13-15(26-27(7,8)20(4,5)6)12-16(22)14-9-10-21-17(23)11-14/h14-16H,9-13H2,1-8H3,(H,21,23)/t14-,15-,16+/m1/s1. The highest BCUT2D eigenvalue weighted by Crippen LogP contribution is 2.40. The number of rotatable bonds is 3. The third-order valence-corrected chi connectivity index (χ3v) is 10.6. The summed E-state index contributed by atoms with van der Waals surface area (Å²) in [5, 5.41) is 3.01. The normalized spacial score (nSPS) is 27.5. The Bertz CT molecular complexity index is 565. The van der Waals surface area contributed by atoms with Gasteiger partial charge in [0.15, 0.2) is 8.32 Å². The van der Waals surface area contributed by atoms with E-state index in [1.807, 2.05) is 25.7 Å². The molecule has 0 radical (unpaired) electrons. The molecular weight excluding hydrogens is 360 g/mol. The summed E-state index contributed by atoms with van der Waals surface area (Å²) in [7, 11) is -1.93. The van der Waals surface area contributed by atoms with Gasteiger partial charge < -0.3 is 19.4 Å². The van der Waals surface area contributed by atoms with Crippen LogP contribution in [0.5, 0.6) is 0 Å². The minimum absolute atomic E-state index is 0.000619. The number of piperidine rings is 1. The topological polar surface area (TPSA) is 67.9 Å². The Kier molecular flexibility index (Phi) is 6.37. The molecule has 3 atom stereocenters. The van der Waals surface area contributed by atoms with E-state index in [9.17, 15) is 9.59 Å². The van der Waals surface area contributed by atoms with Gasteiger partial charge >= 0.3 is 6.09 Å². The number of carbonyl (C=O) groups is 2. The Labute approximate surface area is 165 Å². The predicted octanol–water partition coefficient (Wildman–Crippen LogP) is 3.91. The highest BCUT2D eigenvalue weighted by atomic mass is 28.4. The summed E-state index contributed by atoms with van der Waals surface area (Å²) in [5.74, 6) is 0.239. The van der Waals surface area contributed by atoms with Crippen molar-refractivity contribution in [3.8, 4) is 0 Å². The van der Waals surface area contributed by atoms with Gasteiger partial charge in [-0.2, -0.15) is 0 Å². The average Bonchev–Trinajstić information content (AvgIpc) is 2.87. The van der Waals surface area contributed by atoms with Gasteiger partial charge in [-0.3, -0.25) is 4.79 Å². The molecule has 6 nitrogen and oxygen atoms in total. The molecule has 0 aliphatic carbocycles. The van der Waals surface area contributed by atoms with Crippen molar-refractivity contribution in [2.75, 3.05) is 13.1 Å². The number of ether oxygens (including phenoxy) is 1. The molecule has 27 heavy (non-hydrogen) atoms. The van der Waals surface area contributed by atoms with Crippen molar-refractivity contribution in [3.05, 3.63) is 0 Å². The van der Waals surface area contributed by atoms with Gasteiger partial charge in [0, 0.05) is 25.6 Å². The summed E-state index contributed by atoms with van der Waals surface area (Å²) in [5.41, 5.74) is -0.538. The minimum Gasteiger partial charge on any atom is -0.444 e. The van der Waals surface area contributed by atoms with Crippen LogP contribution in [0.15, 0.2) is 0 Å². The van der Waals surface area contributed by atoms with E-state index in [-0.39, 0.29) is 35.1 Å². The van der Waals surface area contributed by atoms with Crippen LogP contribution < -0.4 is 5.32 Å². The van der Waals surface area contributed by atoms with Crippen LogP contribution in [-0.4, -0.2) is 56.1 Å². The molecule has 0 aromatic heterocycles. The molecule has 0 aromatic carbocycles. The van der Waals surface area contributed by atoms with E-state index < -0.39 is 13.9 Å². The Morgan fingerprint density at radius 1 is 1.19 bits per heavy atom. The number of amides is 2. The van der Waals surface area contributed by atoms with E-state index in [2.05, 4.69) is 39.2 Å². The van der Waals surface area contributed by atoms with E-state index in [1.54, 1.807) is 0 Å². The van der Waals surface area contributed by atoms with Gasteiger partial charge in [0.25, 0.3) is 0 Å². The lowest BCUT2D eigenvalue weighted by atomic mass is 9.88. The van der Waals surface area contributed by atoms with Crippen molar-refractivity contribution < 1.29 is 18.8 Å². The molecule has 0 unspecified atom stereocenters. The summed E-state index contributed by atoms with van der Waals surface area (Å²) in [6.45, 7) is 18.0. The van der Waals surface area contributed by atoms with Crippen molar-refractivity contribution in [3.63, 3.8) is 0 Å². The van der Waals surface area contributed by atoms with Gasteiger partial charge in [-0.1, -0.05) is 20.8 Å². The van der Waals surface area contributed by atoms with Gasteiger partial charge in [0.1, 0.15) is 5.60 Å². The van der Waals surface area contributed by atoms with E-state index in [0.29, 0.717) is 19.5 Å². The van der Waals surface area contributed by atoms with Gasteiger partial charge in [0.2, 0.25) is 5.91 Å². The number of hydrogen-bond donors (Lipinski definition) is 1. The molecule has 2 fully saturated rings. The molecule has 1 N–H and O–H groups in total. The smallest absolute Gasteiger partial charge is 0.410 e. The van der Waals surface area contributed by atoms with Crippen molar-refractivity contribution in [2.24, 2.45) is 5.92 Å². The summed E-state index contributed by atoms with van der Waals surface area (Å²) >= 11 is 0. The highest BCUT2D eigenvalue weighted by molar-refractivity contribution is 6.74. The van der Waals surface area contributed by atoms with Crippen molar-refractivity contribution in [1.29, 1.82) is 0 Å². The first-order valence-electron chi connectivity index (χ1n) is 10.1. The average molecular weight is 399 g/mol. The zero-order valence-corrected chi connectivity index (χ0v) is 19.3. The summed E-state index contributed by atoms with van der Waals surface area (Å²) < 4.78 is 12.3. The van der Waals surface area contributed by atoms with Crippen LogP contribution in [0.2, 0.25) is 18.1 Å². The van der Waals surface area contributed by atoms with Gasteiger partial charge in [-0.05, 0) is 57.7 Å². The van der Waals surface area contributed by atoms with E-state index >= 15 is 0 Å². The van der Waals surface area contributed by atoms with Crippen LogP contribution in [0.4, 0.5) is 4.79 Å². The van der Waals surface area contributed by atoms with E-state index in [4.69, 9.17) is 9.16 Å². The molecule has 7 heteroatoms. The third-order valence-electron chi connectivity index (χ3n) is 6.03. The molecule has 2 saturated heterocycles. The second kappa shape index (κ2) is 7.74. The first kappa shape index (κ1) is 22.2. The van der Waals surface area contributed by atoms with Gasteiger partial charge in [0.05, 0.1) is 6.10 Å². The maximum Gasteiger partial charge on any atom is 0.410 e. The summed E-state index contributed by atoms with van der Waals surface area (Å²) in [6.07, 6.45) is 1.86. The number of nitrogens with zero attached hydrogens (tertiary/aromatic N) is 1. The van der Waals surface area contributed by atoms with E-state index in [0.717, 1.165) is 12.8 Å². The van der Waals surface area contributed by atoms with Crippen LogP contribution in [0.1, 0.15) is 60.8 Å². The lowest BCUT2D eigenvalue weighted by Gasteiger charge is -2.38. The van der Waals surface area contributed by atoms with Crippen molar-refractivity contribution >= 4 is 20.3 Å². The molecule has 2 rings (SSSR count). The zero-order chi connectivity index (χ0) is 20.6. The number of hydrogen-bond acceptors (Lipinski definition) is 4. The number of nitrogens with one attached hydrogen (secondary N) is 1. The van der Waals surface area contributed by atoms with Gasteiger partial charge in [-0.15, -0.1) is 0 Å². The summed E-state index contributed by atoms with van der Waals surface area (Å²) in [4.78, 5) is 26.6. The lowest BCUT2D eigenvalue weighted by Crippen LogP contribution is -2.47. The SMILES string of the molecule is CC(C)(C)OC(=O)N1C[C@H](O[Si](C)(C)C(C)(C)C)C[C@H]1[C@@H]1CCNC(=O)C1. The zero-order valence-electron chi connectivity index (χ0n) is 18.3. The Hall–Kier alpha value is -1.08. The second-order valence-corrected chi connectivity index (χ2v) is 15.3. The predicted molar refractivity (Wildman–Crippen MR) is 109 cm³/mol. The fraction of sp³-hybridized carbons (Fsp3) is 0.900. The second-order valence-electron chi connectivity index (χ2n) is 10.5. The lowest BCUT2D eigenvalue weighted by molar-refractivity contribution is -0.124. The fourth-order valence-electron chi connectivity index (χ4n) is 3.62. The molecule has 0 saturated carbocycles. The van der Waals surface area contributed by atoms with E-state index in [1.165, 1.54) is 0 Å². The Morgan fingerprint density at radius 2 is 1.81 bits per heavy atom. The maximum absolute atomic E-state index is 12.9. The van der Waals surface area contributed by atoms with Crippen LogP contribution >= 0.6 is 0 Å². The molecule has 2 aliphatic heterocycles. The van der Waals surface area contributed by atoms with Crippen LogP contribution in [0.3, 0.4) is 0 Å². The van der Waals surface area contributed by atoms with Crippen molar-refractivity contribution in [1.82, 2.24) is 10.2 Å². The molecule has 0 aromatic rings. The van der Waals surface area contributed by atoms with Gasteiger partial charge in [-0.25, -0.2) is 4.79 Å². The number of carbonyl (C=O) groups excluding carboxylic acids is 2. The fourth-order valence-corrected chi connectivity index (χ4v) is 4.98. The Morgan fingerprint density at radius 3 is 2.33 bits per heavy atom. The maximum atomic E-state index is 12.9. The summed E-state index contributed by atoms with van der Waals surface area (Å²) in [6, 6.07) is 0.000619. The molecule has 2 heterocycles. The van der Waals surface area contributed by atoms with Crippen LogP contribution in [0, 0.1) is 5.92 Å².